The summed E-state index contributed by atoms with van der Waals surface area (Å²) in [6.07, 6.45) is -4.22. The van der Waals surface area contributed by atoms with E-state index in [2.05, 4.69) is 10.6 Å². The largest absolute Gasteiger partial charge is 0.416 e. The third-order valence-electron chi connectivity index (χ3n) is 3.47. The highest BCUT2D eigenvalue weighted by atomic mass is 19.4. The first kappa shape index (κ1) is 15.3. The molecule has 2 rings (SSSR count). The molecule has 1 heterocycles. The molecular formula is C14H15F3N2O2. The van der Waals surface area contributed by atoms with E-state index in [1.165, 1.54) is 6.07 Å². The summed E-state index contributed by atoms with van der Waals surface area (Å²) in [6.45, 7) is 2.02. The fourth-order valence-electron chi connectivity index (χ4n) is 2.19. The van der Waals surface area contributed by atoms with Crippen LogP contribution in [0.25, 0.3) is 0 Å². The minimum absolute atomic E-state index is 0.146. The summed E-state index contributed by atoms with van der Waals surface area (Å²) in [6, 6.07) is 3.41. The minimum atomic E-state index is -4.37. The molecule has 21 heavy (non-hydrogen) atoms. The Morgan fingerprint density at radius 3 is 2.67 bits per heavy atom. The lowest BCUT2D eigenvalue weighted by atomic mass is 10.0. The summed E-state index contributed by atoms with van der Waals surface area (Å²) in [7, 11) is 0. The molecule has 114 valence electrons. The Morgan fingerprint density at radius 1 is 1.43 bits per heavy atom. The summed E-state index contributed by atoms with van der Waals surface area (Å²) in [5.74, 6) is -0.847. The van der Waals surface area contributed by atoms with E-state index < -0.39 is 17.7 Å². The molecule has 0 aliphatic carbocycles. The number of alkyl halides is 3. The van der Waals surface area contributed by atoms with E-state index in [0.29, 0.717) is 17.7 Å². The van der Waals surface area contributed by atoms with Crippen LogP contribution in [-0.2, 0) is 22.3 Å². The molecule has 0 spiro atoms. The number of nitrogens with one attached hydrogen (secondary N) is 2. The topological polar surface area (TPSA) is 58.2 Å². The van der Waals surface area contributed by atoms with Gasteiger partial charge in [0.25, 0.3) is 0 Å². The van der Waals surface area contributed by atoms with E-state index in [1.54, 1.807) is 6.92 Å². The lowest BCUT2D eigenvalue weighted by Crippen LogP contribution is -2.31. The highest BCUT2D eigenvalue weighted by molar-refractivity contribution is 5.89. The second-order valence-corrected chi connectivity index (χ2v) is 5.06. The first-order chi connectivity index (χ1) is 9.77. The maximum atomic E-state index is 12.5. The summed E-state index contributed by atoms with van der Waals surface area (Å²) < 4.78 is 37.6. The van der Waals surface area contributed by atoms with Crippen molar-refractivity contribution in [2.45, 2.75) is 26.1 Å². The lowest BCUT2D eigenvalue weighted by Gasteiger charge is -2.13. The Hall–Kier alpha value is -2.05. The van der Waals surface area contributed by atoms with E-state index >= 15 is 0 Å². The normalized spacial score (nSPS) is 18.5. The highest BCUT2D eigenvalue weighted by Gasteiger charge is 2.31. The van der Waals surface area contributed by atoms with Gasteiger partial charge in [0.1, 0.15) is 0 Å². The van der Waals surface area contributed by atoms with Crippen LogP contribution < -0.4 is 10.6 Å². The van der Waals surface area contributed by atoms with Crippen molar-refractivity contribution >= 4 is 11.8 Å². The van der Waals surface area contributed by atoms with Crippen LogP contribution in [0.1, 0.15) is 23.1 Å². The van der Waals surface area contributed by atoms with Crippen LogP contribution in [0.3, 0.4) is 0 Å². The Balaban J connectivity index is 1.97. The van der Waals surface area contributed by atoms with E-state index in [4.69, 9.17) is 0 Å². The molecule has 1 unspecified atom stereocenters. The predicted octanol–water partition coefficient (Wildman–Crippen LogP) is 1.77. The number of halogens is 3. The fraction of sp³-hybridized carbons (Fsp3) is 0.429. The predicted molar refractivity (Wildman–Crippen MR) is 69.1 cm³/mol. The molecule has 4 nitrogen and oxygen atoms in total. The van der Waals surface area contributed by atoms with E-state index in [9.17, 15) is 22.8 Å². The first-order valence-electron chi connectivity index (χ1n) is 6.48. The van der Waals surface area contributed by atoms with Gasteiger partial charge in [0, 0.05) is 19.5 Å². The van der Waals surface area contributed by atoms with Crippen molar-refractivity contribution in [3.05, 3.63) is 34.9 Å². The molecule has 1 aromatic carbocycles. The zero-order chi connectivity index (χ0) is 15.6. The summed E-state index contributed by atoms with van der Waals surface area (Å²) in [4.78, 5) is 22.8. The van der Waals surface area contributed by atoms with Gasteiger partial charge in [-0.1, -0.05) is 6.07 Å². The smallest absolute Gasteiger partial charge is 0.355 e. The number of hydrogen-bond donors (Lipinski definition) is 2. The molecule has 0 radical (unpaired) electrons. The van der Waals surface area contributed by atoms with Crippen molar-refractivity contribution in [1.29, 1.82) is 0 Å². The average molecular weight is 300 g/mol. The number of hydrogen-bond acceptors (Lipinski definition) is 2. The molecule has 2 amide bonds. The molecule has 0 aromatic heterocycles. The molecule has 2 N–H and O–H groups in total. The van der Waals surface area contributed by atoms with Crippen molar-refractivity contribution in [2.24, 2.45) is 5.92 Å². The number of benzene rings is 1. The zero-order valence-corrected chi connectivity index (χ0v) is 11.4. The minimum Gasteiger partial charge on any atom is -0.355 e. The number of carbonyl (C=O) groups excluding carboxylic acids is 2. The Bertz CT molecular complexity index is 570. The standard InChI is InChI=1S/C14H15F3N2O2/c1-8-4-11(14(15,16)17)3-2-9(8)6-19-13(21)10-5-12(20)18-7-10/h2-4,10H,5-7H2,1H3,(H,18,20)(H,19,21). The van der Waals surface area contributed by atoms with Crippen LogP contribution in [0.4, 0.5) is 13.2 Å². The van der Waals surface area contributed by atoms with Gasteiger partial charge in [-0.15, -0.1) is 0 Å². The number of aryl methyl sites for hydroxylation is 1. The van der Waals surface area contributed by atoms with Gasteiger partial charge < -0.3 is 10.6 Å². The van der Waals surface area contributed by atoms with Crippen molar-refractivity contribution in [3.63, 3.8) is 0 Å². The van der Waals surface area contributed by atoms with Gasteiger partial charge in [0.2, 0.25) is 11.8 Å². The quantitative estimate of drug-likeness (QED) is 0.894. The molecule has 1 atom stereocenters. The van der Waals surface area contributed by atoms with Crippen LogP contribution in [0.2, 0.25) is 0 Å². The zero-order valence-electron chi connectivity index (χ0n) is 11.4. The molecule has 7 heteroatoms. The third kappa shape index (κ3) is 3.74. The Morgan fingerprint density at radius 2 is 2.14 bits per heavy atom. The Kier molecular flexibility index (Phi) is 4.20. The van der Waals surface area contributed by atoms with Gasteiger partial charge >= 0.3 is 6.18 Å². The molecule has 1 aromatic rings. The van der Waals surface area contributed by atoms with Gasteiger partial charge in [0.05, 0.1) is 11.5 Å². The molecule has 1 fully saturated rings. The average Bonchev–Trinajstić information content (AvgIpc) is 2.82. The molecule has 0 saturated carbocycles. The van der Waals surface area contributed by atoms with Crippen LogP contribution in [0, 0.1) is 12.8 Å². The van der Waals surface area contributed by atoms with Crippen LogP contribution in [0.15, 0.2) is 18.2 Å². The van der Waals surface area contributed by atoms with Gasteiger partial charge in [-0.05, 0) is 30.2 Å². The Labute approximate surface area is 119 Å². The SMILES string of the molecule is Cc1cc(C(F)(F)F)ccc1CNC(=O)C1CNC(=O)C1. The lowest BCUT2D eigenvalue weighted by molar-refractivity contribution is -0.137. The van der Waals surface area contributed by atoms with Gasteiger partial charge in [-0.3, -0.25) is 9.59 Å². The maximum Gasteiger partial charge on any atom is 0.416 e. The van der Waals surface area contributed by atoms with E-state index in [-0.39, 0.29) is 24.8 Å². The fourth-order valence-corrected chi connectivity index (χ4v) is 2.19. The summed E-state index contributed by atoms with van der Waals surface area (Å²) in [5, 5.41) is 5.21. The summed E-state index contributed by atoms with van der Waals surface area (Å²) in [5.41, 5.74) is 0.375. The van der Waals surface area contributed by atoms with Crippen LogP contribution in [0.5, 0.6) is 0 Å². The van der Waals surface area contributed by atoms with Gasteiger partial charge in [-0.25, -0.2) is 0 Å². The summed E-state index contributed by atoms with van der Waals surface area (Å²) >= 11 is 0. The third-order valence-corrected chi connectivity index (χ3v) is 3.47. The second-order valence-electron chi connectivity index (χ2n) is 5.06. The van der Waals surface area contributed by atoms with E-state index in [1.807, 2.05) is 0 Å². The monoisotopic (exact) mass is 300 g/mol. The highest BCUT2D eigenvalue weighted by Crippen LogP contribution is 2.30. The van der Waals surface area contributed by atoms with Crippen LogP contribution in [-0.4, -0.2) is 18.4 Å². The van der Waals surface area contributed by atoms with Crippen molar-refractivity contribution in [2.75, 3.05) is 6.54 Å². The van der Waals surface area contributed by atoms with Crippen molar-refractivity contribution < 1.29 is 22.8 Å². The molecule has 1 aliphatic rings. The number of carbonyl (C=O) groups is 2. The van der Waals surface area contributed by atoms with Gasteiger partial charge in [0.15, 0.2) is 0 Å². The second kappa shape index (κ2) is 5.75. The molecular weight excluding hydrogens is 285 g/mol. The molecule has 0 bridgehead atoms. The maximum absolute atomic E-state index is 12.5. The number of amides is 2. The molecule has 1 saturated heterocycles. The first-order valence-corrected chi connectivity index (χ1v) is 6.48. The van der Waals surface area contributed by atoms with Gasteiger partial charge in [-0.2, -0.15) is 13.2 Å². The van der Waals surface area contributed by atoms with Crippen LogP contribution >= 0.6 is 0 Å². The van der Waals surface area contributed by atoms with Crippen molar-refractivity contribution in [1.82, 2.24) is 10.6 Å². The van der Waals surface area contributed by atoms with Crippen molar-refractivity contribution in [3.8, 4) is 0 Å². The molecule has 1 aliphatic heterocycles. The number of rotatable bonds is 3. The van der Waals surface area contributed by atoms with E-state index in [0.717, 1.165) is 12.1 Å².